The highest BCUT2D eigenvalue weighted by Crippen LogP contribution is 2.40. The molecule has 1 amide bonds. The van der Waals surface area contributed by atoms with Crippen LogP contribution in [-0.4, -0.2) is 36.1 Å². The summed E-state index contributed by atoms with van der Waals surface area (Å²) >= 11 is 0. The molecule has 3 nitrogen and oxygen atoms in total. The lowest BCUT2D eigenvalue weighted by molar-refractivity contribution is -0.161. The molecule has 0 aromatic heterocycles. The Morgan fingerprint density at radius 3 is 2.64 bits per heavy atom. The molecule has 0 atom stereocenters. The van der Waals surface area contributed by atoms with Gasteiger partial charge in [0.05, 0.1) is 18.8 Å². The Labute approximate surface area is 85.4 Å². The van der Waals surface area contributed by atoms with Gasteiger partial charge in [0, 0.05) is 12.5 Å². The molecular formula is C11H19NO2. The molecule has 3 heteroatoms. The van der Waals surface area contributed by atoms with Crippen LogP contribution < -0.4 is 0 Å². The molecular weight excluding hydrogens is 178 g/mol. The molecule has 1 saturated carbocycles. The molecule has 1 aliphatic carbocycles. The van der Waals surface area contributed by atoms with E-state index in [-0.39, 0.29) is 11.5 Å². The molecule has 2 fully saturated rings. The van der Waals surface area contributed by atoms with Gasteiger partial charge in [0.2, 0.25) is 5.91 Å². The summed E-state index contributed by atoms with van der Waals surface area (Å²) in [4.78, 5) is 14.1. The second kappa shape index (κ2) is 3.54. The summed E-state index contributed by atoms with van der Waals surface area (Å²) in [5, 5.41) is 0. The number of carbonyl (C=O) groups excluding carboxylic acids is 1. The van der Waals surface area contributed by atoms with E-state index in [1.807, 2.05) is 13.8 Å². The SMILES string of the molecule is CC(C)C(=O)N1CCOCC12CCC2. The first-order valence-electron chi connectivity index (χ1n) is 5.55. The van der Waals surface area contributed by atoms with E-state index in [9.17, 15) is 4.79 Å². The third-order valence-electron chi connectivity index (χ3n) is 3.45. The van der Waals surface area contributed by atoms with Crippen LogP contribution in [0.3, 0.4) is 0 Å². The number of carbonyl (C=O) groups is 1. The van der Waals surface area contributed by atoms with Crippen LogP contribution in [0.1, 0.15) is 33.1 Å². The highest BCUT2D eigenvalue weighted by Gasteiger charge is 2.47. The molecule has 0 bridgehead atoms. The van der Waals surface area contributed by atoms with Crippen molar-refractivity contribution in [1.82, 2.24) is 4.90 Å². The van der Waals surface area contributed by atoms with Crippen molar-refractivity contribution in [3.63, 3.8) is 0 Å². The van der Waals surface area contributed by atoms with Gasteiger partial charge in [0.15, 0.2) is 0 Å². The van der Waals surface area contributed by atoms with Crippen LogP contribution in [0.4, 0.5) is 0 Å². The molecule has 2 aliphatic rings. The van der Waals surface area contributed by atoms with Crippen LogP contribution in [-0.2, 0) is 9.53 Å². The summed E-state index contributed by atoms with van der Waals surface area (Å²) in [5.41, 5.74) is 0.0829. The molecule has 0 aromatic rings. The van der Waals surface area contributed by atoms with Crippen molar-refractivity contribution in [2.24, 2.45) is 5.92 Å². The third kappa shape index (κ3) is 1.44. The minimum atomic E-state index is 0.0829. The van der Waals surface area contributed by atoms with E-state index < -0.39 is 0 Å². The summed E-state index contributed by atoms with van der Waals surface area (Å²) in [7, 11) is 0. The van der Waals surface area contributed by atoms with Crippen LogP contribution in [0.5, 0.6) is 0 Å². The Hall–Kier alpha value is -0.570. The van der Waals surface area contributed by atoms with Crippen LogP contribution in [0, 0.1) is 5.92 Å². The minimum Gasteiger partial charge on any atom is -0.377 e. The molecule has 80 valence electrons. The smallest absolute Gasteiger partial charge is 0.225 e. The second-order valence-electron chi connectivity index (χ2n) is 4.78. The number of nitrogens with zero attached hydrogens (tertiary/aromatic N) is 1. The van der Waals surface area contributed by atoms with Gasteiger partial charge in [-0.1, -0.05) is 13.8 Å². The summed E-state index contributed by atoms with van der Waals surface area (Å²) in [6.45, 7) is 6.21. The number of amides is 1. The van der Waals surface area contributed by atoms with Crippen molar-refractivity contribution in [2.45, 2.75) is 38.6 Å². The fraction of sp³-hybridized carbons (Fsp3) is 0.909. The predicted octanol–water partition coefficient (Wildman–Crippen LogP) is 1.42. The van der Waals surface area contributed by atoms with Gasteiger partial charge in [-0.05, 0) is 19.3 Å². The Morgan fingerprint density at radius 2 is 2.14 bits per heavy atom. The van der Waals surface area contributed by atoms with Crippen molar-refractivity contribution >= 4 is 5.91 Å². The van der Waals surface area contributed by atoms with E-state index in [1.165, 1.54) is 6.42 Å². The second-order valence-corrected chi connectivity index (χ2v) is 4.78. The standard InChI is InChI=1S/C11H19NO2/c1-9(2)10(13)12-6-7-14-8-11(12)4-3-5-11/h9H,3-8H2,1-2H3. The fourth-order valence-electron chi connectivity index (χ4n) is 2.39. The highest BCUT2D eigenvalue weighted by atomic mass is 16.5. The van der Waals surface area contributed by atoms with Gasteiger partial charge in [-0.15, -0.1) is 0 Å². The van der Waals surface area contributed by atoms with Gasteiger partial charge in [-0.3, -0.25) is 4.79 Å². The van der Waals surface area contributed by atoms with E-state index in [1.54, 1.807) is 0 Å². The zero-order valence-corrected chi connectivity index (χ0v) is 9.08. The quantitative estimate of drug-likeness (QED) is 0.636. The van der Waals surface area contributed by atoms with Crippen molar-refractivity contribution in [3.05, 3.63) is 0 Å². The monoisotopic (exact) mass is 197 g/mol. The van der Waals surface area contributed by atoms with E-state index in [0.29, 0.717) is 12.5 Å². The lowest BCUT2D eigenvalue weighted by Crippen LogP contribution is -2.63. The van der Waals surface area contributed by atoms with Crippen LogP contribution in [0.25, 0.3) is 0 Å². The molecule has 0 unspecified atom stereocenters. The molecule has 0 aromatic carbocycles. The first kappa shape index (κ1) is 9.97. The van der Waals surface area contributed by atoms with E-state index in [0.717, 1.165) is 26.0 Å². The summed E-state index contributed by atoms with van der Waals surface area (Å²) < 4.78 is 5.49. The summed E-state index contributed by atoms with van der Waals surface area (Å²) in [6, 6.07) is 0. The lowest BCUT2D eigenvalue weighted by Gasteiger charge is -2.53. The van der Waals surface area contributed by atoms with Crippen LogP contribution in [0.2, 0.25) is 0 Å². The Bertz CT molecular complexity index is 233. The molecule has 0 N–H and O–H groups in total. The van der Waals surface area contributed by atoms with E-state index in [2.05, 4.69) is 4.90 Å². The van der Waals surface area contributed by atoms with Crippen molar-refractivity contribution in [1.29, 1.82) is 0 Å². The van der Waals surface area contributed by atoms with Gasteiger partial charge < -0.3 is 9.64 Å². The molecule has 14 heavy (non-hydrogen) atoms. The zero-order chi connectivity index (χ0) is 10.2. The lowest BCUT2D eigenvalue weighted by atomic mass is 9.75. The third-order valence-corrected chi connectivity index (χ3v) is 3.45. The van der Waals surface area contributed by atoms with E-state index >= 15 is 0 Å². The zero-order valence-electron chi connectivity index (χ0n) is 9.08. The average Bonchev–Trinajstić information content (AvgIpc) is 2.14. The van der Waals surface area contributed by atoms with Crippen molar-refractivity contribution < 1.29 is 9.53 Å². The fourth-order valence-corrected chi connectivity index (χ4v) is 2.39. The first-order chi connectivity index (χ1) is 6.66. The van der Waals surface area contributed by atoms with Crippen molar-refractivity contribution in [2.75, 3.05) is 19.8 Å². The minimum absolute atomic E-state index is 0.0829. The maximum atomic E-state index is 12.0. The maximum absolute atomic E-state index is 12.0. The van der Waals surface area contributed by atoms with Gasteiger partial charge >= 0.3 is 0 Å². The summed E-state index contributed by atoms with van der Waals surface area (Å²) in [5.74, 6) is 0.415. The van der Waals surface area contributed by atoms with Gasteiger partial charge in [-0.25, -0.2) is 0 Å². The first-order valence-corrected chi connectivity index (χ1v) is 5.55. The van der Waals surface area contributed by atoms with Gasteiger partial charge in [-0.2, -0.15) is 0 Å². The molecule has 1 heterocycles. The molecule has 1 aliphatic heterocycles. The van der Waals surface area contributed by atoms with E-state index in [4.69, 9.17) is 4.74 Å². The largest absolute Gasteiger partial charge is 0.377 e. The number of rotatable bonds is 1. The number of ether oxygens (including phenoxy) is 1. The van der Waals surface area contributed by atoms with Crippen molar-refractivity contribution in [3.8, 4) is 0 Å². The predicted molar refractivity (Wildman–Crippen MR) is 54.0 cm³/mol. The Morgan fingerprint density at radius 1 is 1.43 bits per heavy atom. The number of morpholine rings is 1. The molecule has 1 spiro atoms. The van der Waals surface area contributed by atoms with Gasteiger partial charge in [0.25, 0.3) is 0 Å². The Balaban J connectivity index is 2.10. The Kier molecular flexibility index (Phi) is 2.52. The topological polar surface area (TPSA) is 29.5 Å². The van der Waals surface area contributed by atoms with Crippen LogP contribution in [0.15, 0.2) is 0 Å². The highest BCUT2D eigenvalue weighted by molar-refractivity contribution is 5.79. The maximum Gasteiger partial charge on any atom is 0.225 e. The van der Waals surface area contributed by atoms with Gasteiger partial charge in [0.1, 0.15) is 0 Å². The summed E-state index contributed by atoms with van der Waals surface area (Å²) in [6.07, 6.45) is 3.50. The molecule has 0 radical (unpaired) electrons. The number of hydrogen-bond acceptors (Lipinski definition) is 2. The average molecular weight is 197 g/mol. The number of hydrogen-bond donors (Lipinski definition) is 0. The molecule has 1 saturated heterocycles. The normalized spacial score (nSPS) is 25.2. The van der Waals surface area contributed by atoms with Crippen LogP contribution >= 0.6 is 0 Å². The molecule has 2 rings (SSSR count).